The van der Waals surface area contributed by atoms with Gasteiger partial charge in [0.25, 0.3) is 0 Å². The number of amidine groups is 1. The molecule has 0 amide bonds. The van der Waals surface area contributed by atoms with Crippen LogP contribution >= 0.6 is 0 Å². The molecule has 0 saturated carbocycles. The summed E-state index contributed by atoms with van der Waals surface area (Å²) in [4.78, 5) is 5.29. The molecule has 0 aromatic heterocycles. The number of aliphatic imine (C=N–C) groups is 1. The van der Waals surface area contributed by atoms with Crippen molar-refractivity contribution in [3.63, 3.8) is 0 Å². The van der Waals surface area contributed by atoms with Gasteiger partial charge in [0.1, 0.15) is 30.2 Å². The molecule has 3 aromatic carbocycles. The van der Waals surface area contributed by atoms with Crippen molar-refractivity contribution in [3.8, 4) is 0 Å². The molecule has 4 aliphatic carbocycles. The van der Waals surface area contributed by atoms with E-state index >= 15 is 0 Å². The van der Waals surface area contributed by atoms with Crippen molar-refractivity contribution in [2.75, 3.05) is 0 Å². The molecule has 6 nitrogen and oxygen atoms in total. The van der Waals surface area contributed by atoms with Crippen molar-refractivity contribution < 1.29 is 9.47 Å². The molecular formula is C48H46N4O2. The van der Waals surface area contributed by atoms with Crippen LogP contribution < -0.4 is 16.8 Å². The van der Waals surface area contributed by atoms with Gasteiger partial charge in [-0.25, -0.2) is 0 Å². The molecular weight excluding hydrogens is 665 g/mol. The van der Waals surface area contributed by atoms with Crippen molar-refractivity contribution >= 4 is 5.84 Å². The van der Waals surface area contributed by atoms with E-state index in [1.54, 1.807) is 0 Å². The highest BCUT2D eigenvalue weighted by Crippen LogP contribution is 2.50. The lowest BCUT2D eigenvalue weighted by molar-refractivity contribution is -0.0280. The Morgan fingerprint density at radius 1 is 0.741 bits per heavy atom. The molecule has 8 atom stereocenters. The summed E-state index contributed by atoms with van der Waals surface area (Å²) in [5.41, 5.74) is 22.2. The number of nitrogens with zero attached hydrogens (tertiary/aromatic N) is 1. The standard InChI is InChI=1S/C48H46N4O2/c49-46(35-16-8-3-9-17-35)54-47(50)36-24-22-33(23-25-36)38-28-29-39(44-40-18-10-11-19-43(40)53-45(38)44)42-30-41(34-14-6-2-7-15-34)51-48(52-42)37-26-20-32(21-27-37)31-12-4-1-5-13-31/h1-20,22-24,26-27,29-30,32,36,38,40-41,43,46-47H,21,25,28,49-50H2,(H,51,52). The fourth-order valence-electron chi connectivity index (χ4n) is 8.46. The third kappa shape index (κ3) is 6.85. The fraction of sp³-hybridized carbons (Fsp3) is 0.229. The summed E-state index contributed by atoms with van der Waals surface area (Å²) in [6.07, 6.45) is 28.4. The minimum absolute atomic E-state index is 0.0277. The molecule has 2 heterocycles. The molecule has 0 bridgehead atoms. The van der Waals surface area contributed by atoms with Crippen LogP contribution in [0, 0.1) is 17.8 Å². The van der Waals surface area contributed by atoms with Gasteiger partial charge in [0.2, 0.25) is 0 Å². The summed E-state index contributed by atoms with van der Waals surface area (Å²) >= 11 is 0. The van der Waals surface area contributed by atoms with Crippen molar-refractivity contribution in [2.24, 2.45) is 34.2 Å². The van der Waals surface area contributed by atoms with Crippen LogP contribution in [-0.4, -0.2) is 18.2 Å². The Morgan fingerprint density at radius 2 is 1.48 bits per heavy atom. The lowest BCUT2D eigenvalue weighted by atomic mass is 9.76. The number of hydrogen-bond donors (Lipinski definition) is 3. The number of nitrogens with one attached hydrogen (secondary N) is 1. The minimum atomic E-state index is -0.572. The Labute approximate surface area is 318 Å². The van der Waals surface area contributed by atoms with Gasteiger partial charge in [-0.2, -0.15) is 0 Å². The third-order valence-corrected chi connectivity index (χ3v) is 11.4. The van der Waals surface area contributed by atoms with E-state index in [0.29, 0.717) is 5.92 Å². The summed E-state index contributed by atoms with van der Waals surface area (Å²) in [6.45, 7) is 0. The topological polar surface area (TPSA) is 94.9 Å². The molecule has 9 rings (SSSR count). The van der Waals surface area contributed by atoms with Gasteiger partial charge in [-0.3, -0.25) is 4.99 Å². The number of allylic oxidation sites excluding steroid dienone is 9. The number of fused-ring (bicyclic) bond motifs is 2. The molecule has 8 unspecified atom stereocenters. The van der Waals surface area contributed by atoms with E-state index in [9.17, 15) is 0 Å². The minimum Gasteiger partial charge on any atom is -0.489 e. The smallest absolute Gasteiger partial charge is 0.133 e. The molecule has 0 fully saturated rings. The Kier molecular flexibility index (Phi) is 9.56. The Morgan fingerprint density at radius 3 is 2.20 bits per heavy atom. The zero-order valence-electron chi connectivity index (χ0n) is 30.2. The Balaban J connectivity index is 0.985. The van der Waals surface area contributed by atoms with Gasteiger partial charge in [0.15, 0.2) is 0 Å². The highest BCUT2D eigenvalue weighted by atomic mass is 16.5. The molecule has 0 saturated heterocycles. The average molecular weight is 711 g/mol. The number of nitrogens with two attached hydrogens (primary N) is 2. The van der Waals surface area contributed by atoms with E-state index < -0.39 is 12.5 Å². The van der Waals surface area contributed by atoms with E-state index in [2.05, 4.69) is 139 Å². The molecule has 6 aliphatic rings. The lowest BCUT2D eigenvalue weighted by Gasteiger charge is -2.32. The number of benzene rings is 3. The molecule has 6 heteroatoms. The first-order valence-corrected chi connectivity index (χ1v) is 19.2. The summed E-state index contributed by atoms with van der Waals surface area (Å²) < 4.78 is 13.0. The highest BCUT2D eigenvalue weighted by molar-refractivity contribution is 6.03. The van der Waals surface area contributed by atoms with Crippen LogP contribution in [0.25, 0.3) is 0 Å². The number of hydrogen-bond acceptors (Lipinski definition) is 6. The summed E-state index contributed by atoms with van der Waals surface area (Å²) in [6, 6.07) is 31.0. The largest absolute Gasteiger partial charge is 0.489 e. The summed E-state index contributed by atoms with van der Waals surface area (Å²) in [5.74, 6) is 2.58. The van der Waals surface area contributed by atoms with Gasteiger partial charge in [0, 0.05) is 46.1 Å². The third-order valence-electron chi connectivity index (χ3n) is 11.4. The van der Waals surface area contributed by atoms with Crippen molar-refractivity contribution in [3.05, 3.63) is 214 Å². The van der Waals surface area contributed by atoms with E-state index in [-0.39, 0.29) is 29.9 Å². The van der Waals surface area contributed by atoms with E-state index in [1.165, 1.54) is 27.8 Å². The molecule has 2 aliphatic heterocycles. The van der Waals surface area contributed by atoms with Gasteiger partial charge in [-0.15, -0.1) is 0 Å². The zero-order valence-corrected chi connectivity index (χ0v) is 30.2. The second-order valence-electron chi connectivity index (χ2n) is 14.8. The zero-order chi connectivity index (χ0) is 36.4. The fourth-order valence-corrected chi connectivity index (χ4v) is 8.46. The highest BCUT2D eigenvalue weighted by Gasteiger charge is 2.43. The van der Waals surface area contributed by atoms with Gasteiger partial charge in [0.05, 0.1) is 6.04 Å². The molecule has 0 radical (unpaired) electrons. The molecule has 54 heavy (non-hydrogen) atoms. The predicted octanol–water partition coefficient (Wildman–Crippen LogP) is 9.09. The van der Waals surface area contributed by atoms with Crippen LogP contribution in [0.4, 0.5) is 0 Å². The summed E-state index contributed by atoms with van der Waals surface area (Å²) in [5, 5.41) is 3.82. The SMILES string of the molecule is NC(OC(N)C1C=CC(C2CC=C(C3=CC(c4ccccc4)N=C(C4=CCC(c5ccccc5)C=C4)N3)C3=C2OC2C=CC=CC32)=CC1)c1ccccc1. The van der Waals surface area contributed by atoms with E-state index in [1.807, 2.05) is 30.3 Å². The monoisotopic (exact) mass is 710 g/mol. The predicted molar refractivity (Wildman–Crippen MR) is 216 cm³/mol. The van der Waals surface area contributed by atoms with Crippen molar-refractivity contribution in [1.29, 1.82) is 0 Å². The van der Waals surface area contributed by atoms with Crippen molar-refractivity contribution in [1.82, 2.24) is 5.32 Å². The number of rotatable bonds is 9. The van der Waals surface area contributed by atoms with Crippen LogP contribution in [0.3, 0.4) is 0 Å². The van der Waals surface area contributed by atoms with Gasteiger partial charge in [-0.1, -0.05) is 152 Å². The van der Waals surface area contributed by atoms with Gasteiger partial charge in [-0.05, 0) is 53.7 Å². The molecule has 3 aromatic rings. The maximum Gasteiger partial charge on any atom is 0.133 e. The first kappa shape index (κ1) is 34.3. The second kappa shape index (κ2) is 15.1. The first-order chi connectivity index (χ1) is 26.6. The van der Waals surface area contributed by atoms with Gasteiger partial charge < -0.3 is 26.3 Å². The molecule has 5 N–H and O–H groups in total. The van der Waals surface area contributed by atoms with Crippen LogP contribution in [0.1, 0.15) is 54.1 Å². The second-order valence-corrected chi connectivity index (χ2v) is 14.8. The maximum atomic E-state index is 6.89. The van der Waals surface area contributed by atoms with Crippen LogP contribution in [0.2, 0.25) is 0 Å². The number of ether oxygens (including phenoxy) is 2. The lowest BCUT2D eigenvalue weighted by Crippen LogP contribution is -2.36. The van der Waals surface area contributed by atoms with Crippen LogP contribution in [-0.2, 0) is 9.47 Å². The quantitative estimate of drug-likeness (QED) is 0.193. The Bertz CT molecular complexity index is 2190. The van der Waals surface area contributed by atoms with Crippen LogP contribution in [0.5, 0.6) is 0 Å². The van der Waals surface area contributed by atoms with E-state index in [4.69, 9.17) is 25.9 Å². The average Bonchev–Trinajstić information content (AvgIpc) is 3.64. The van der Waals surface area contributed by atoms with Crippen molar-refractivity contribution in [2.45, 2.75) is 49.8 Å². The first-order valence-electron chi connectivity index (χ1n) is 19.2. The van der Waals surface area contributed by atoms with Crippen LogP contribution in [0.15, 0.2) is 203 Å². The maximum absolute atomic E-state index is 6.89. The van der Waals surface area contributed by atoms with E-state index in [0.717, 1.165) is 47.7 Å². The summed E-state index contributed by atoms with van der Waals surface area (Å²) in [7, 11) is 0. The molecule has 0 spiro atoms. The van der Waals surface area contributed by atoms with Gasteiger partial charge >= 0.3 is 0 Å². The normalized spacial score (nSPS) is 28.0. The molecule has 270 valence electrons. The Hall–Kier alpha value is -5.53.